The topological polar surface area (TPSA) is 80.6 Å². The molecule has 5 aromatic rings. The lowest BCUT2D eigenvalue weighted by Crippen LogP contribution is -2.30. The Labute approximate surface area is 196 Å². The molecule has 5 rings (SSSR count). The van der Waals surface area contributed by atoms with Crippen LogP contribution in [-0.4, -0.2) is 27.7 Å². The van der Waals surface area contributed by atoms with E-state index in [4.69, 9.17) is 4.74 Å². The van der Waals surface area contributed by atoms with Crippen LogP contribution in [0.2, 0.25) is 0 Å². The minimum Gasteiger partial charge on any atom is -0.507 e. The number of hydrogen-bond acceptors (Lipinski definition) is 4. The second-order valence-corrected chi connectivity index (χ2v) is 8.25. The van der Waals surface area contributed by atoms with Gasteiger partial charge in [0.05, 0.1) is 0 Å². The lowest BCUT2D eigenvalue weighted by Gasteiger charge is -2.15. The van der Waals surface area contributed by atoms with E-state index >= 15 is 0 Å². The van der Waals surface area contributed by atoms with Gasteiger partial charge in [0.2, 0.25) is 0 Å². The highest BCUT2D eigenvalue weighted by Gasteiger charge is 2.22. The van der Waals surface area contributed by atoms with Crippen molar-refractivity contribution in [3.63, 3.8) is 0 Å². The first-order valence-corrected chi connectivity index (χ1v) is 11.2. The molecule has 0 aliphatic rings. The zero-order valence-electron chi connectivity index (χ0n) is 18.9. The molecule has 0 radical (unpaired) electrons. The number of hydrogen-bond donors (Lipinski definition) is 2. The minimum atomic E-state index is -1.05. The molecule has 1 unspecified atom stereocenters. The molecular formula is C28H24N2O4. The molecule has 0 saturated carbocycles. The van der Waals surface area contributed by atoms with Crippen LogP contribution in [0.1, 0.15) is 24.2 Å². The highest BCUT2D eigenvalue weighted by atomic mass is 16.5. The van der Waals surface area contributed by atoms with Crippen LogP contribution in [0.15, 0.2) is 78.9 Å². The van der Waals surface area contributed by atoms with E-state index in [-0.39, 0.29) is 11.3 Å². The summed E-state index contributed by atoms with van der Waals surface area (Å²) in [6, 6.07) is 24.4. The van der Waals surface area contributed by atoms with Gasteiger partial charge in [-0.1, -0.05) is 42.5 Å². The number of para-hydroxylation sites is 1. The van der Waals surface area contributed by atoms with Crippen LogP contribution in [0.3, 0.4) is 0 Å². The second kappa shape index (κ2) is 8.56. The van der Waals surface area contributed by atoms with Gasteiger partial charge >= 0.3 is 5.97 Å². The van der Waals surface area contributed by atoms with Gasteiger partial charge in [0, 0.05) is 34.0 Å². The molecule has 0 aliphatic carbocycles. The molecule has 1 aromatic heterocycles. The Morgan fingerprint density at radius 3 is 2.35 bits per heavy atom. The maximum Gasteiger partial charge on any atom is 0.342 e. The van der Waals surface area contributed by atoms with Crippen molar-refractivity contribution >= 4 is 50.1 Å². The first-order valence-electron chi connectivity index (χ1n) is 11.2. The highest BCUT2D eigenvalue weighted by Crippen LogP contribution is 2.31. The molecule has 2 N–H and O–H groups in total. The SMILES string of the molecule is CCn1c2ccccc2c2cc(NC(=O)C(C)OC(=O)c3cc4ccccc4cc3O)ccc21. The molecule has 34 heavy (non-hydrogen) atoms. The molecule has 1 atom stereocenters. The fourth-order valence-electron chi connectivity index (χ4n) is 4.39. The number of carbonyl (C=O) groups excluding carboxylic acids is 2. The van der Waals surface area contributed by atoms with Crippen molar-refractivity contribution in [2.45, 2.75) is 26.5 Å². The van der Waals surface area contributed by atoms with Gasteiger partial charge in [-0.25, -0.2) is 4.79 Å². The lowest BCUT2D eigenvalue weighted by atomic mass is 10.1. The van der Waals surface area contributed by atoms with E-state index in [1.807, 2.05) is 54.6 Å². The third-order valence-electron chi connectivity index (χ3n) is 6.09. The molecule has 0 aliphatic heterocycles. The summed E-state index contributed by atoms with van der Waals surface area (Å²) in [4.78, 5) is 25.5. The fraction of sp³-hybridized carbons (Fsp3) is 0.143. The van der Waals surface area contributed by atoms with Crippen LogP contribution >= 0.6 is 0 Å². The number of esters is 1. The van der Waals surface area contributed by atoms with E-state index in [0.717, 1.165) is 39.1 Å². The zero-order chi connectivity index (χ0) is 23.8. The Morgan fingerprint density at radius 1 is 0.912 bits per heavy atom. The normalized spacial score (nSPS) is 12.2. The van der Waals surface area contributed by atoms with Crippen LogP contribution in [-0.2, 0) is 16.1 Å². The zero-order valence-corrected chi connectivity index (χ0v) is 18.9. The standard InChI is InChI=1S/C28H24N2O4/c1-3-30-24-11-7-6-10-21(24)22-16-20(12-13-25(22)30)29-27(32)17(2)34-28(33)23-14-18-8-4-5-9-19(18)15-26(23)31/h4-17,31H,3H2,1-2H3,(H,29,32). The van der Waals surface area contributed by atoms with E-state index in [1.165, 1.54) is 13.0 Å². The van der Waals surface area contributed by atoms with Crippen molar-refractivity contribution in [2.24, 2.45) is 0 Å². The predicted octanol–water partition coefficient (Wildman–Crippen LogP) is 5.86. The van der Waals surface area contributed by atoms with Gasteiger partial charge < -0.3 is 19.7 Å². The molecule has 0 saturated heterocycles. The fourth-order valence-corrected chi connectivity index (χ4v) is 4.39. The van der Waals surface area contributed by atoms with Crippen LogP contribution in [0.5, 0.6) is 5.75 Å². The molecule has 0 spiro atoms. The van der Waals surface area contributed by atoms with Gasteiger partial charge in [0.25, 0.3) is 5.91 Å². The number of fused-ring (bicyclic) bond motifs is 4. The Balaban J connectivity index is 1.35. The molecule has 1 amide bonds. The molecule has 4 aromatic carbocycles. The smallest absolute Gasteiger partial charge is 0.342 e. The van der Waals surface area contributed by atoms with E-state index < -0.39 is 18.0 Å². The largest absolute Gasteiger partial charge is 0.507 e. The number of phenolic OH excluding ortho intramolecular Hbond substituents is 1. The number of aromatic hydroxyl groups is 1. The minimum absolute atomic E-state index is 0.0205. The van der Waals surface area contributed by atoms with Crippen molar-refractivity contribution in [3.05, 3.63) is 84.4 Å². The number of rotatable bonds is 5. The summed E-state index contributed by atoms with van der Waals surface area (Å²) in [6.45, 7) is 4.45. The first kappa shape index (κ1) is 21.5. The lowest BCUT2D eigenvalue weighted by molar-refractivity contribution is -0.123. The number of aromatic nitrogens is 1. The number of ether oxygens (including phenoxy) is 1. The number of amides is 1. The van der Waals surface area contributed by atoms with Gasteiger partial charge in [0.1, 0.15) is 11.3 Å². The van der Waals surface area contributed by atoms with Crippen LogP contribution in [0, 0.1) is 0 Å². The monoisotopic (exact) mass is 452 g/mol. The number of nitrogens with one attached hydrogen (secondary N) is 1. The summed E-state index contributed by atoms with van der Waals surface area (Å²) in [7, 11) is 0. The molecule has 6 heteroatoms. The maximum absolute atomic E-state index is 12.8. The summed E-state index contributed by atoms with van der Waals surface area (Å²) in [5.41, 5.74) is 2.87. The molecular weight excluding hydrogens is 428 g/mol. The molecule has 1 heterocycles. The molecule has 0 fully saturated rings. The van der Waals surface area contributed by atoms with E-state index in [9.17, 15) is 14.7 Å². The highest BCUT2D eigenvalue weighted by molar-refractivity contribution is 6.10. The molecule has 0 bridgehead atoms. The van der Waals surface area contributed by atoms with Crippen molar-refractivity contribution < 1.29 is 19.4 Å². The van der Waals surface area contributed by atoms with E-state index in [0.29, 0.717) is 5.69 Å². The number of aryl methyl sites for hydroxylation is 1. The van der Waals surface area contributed by atoms with E-state index in [1.54, 1.807) is 6.07 Å². The van der Waals surface area contributed by atoms with E-state index in [2.05, 4.69) is 28.9 Å². The third-order valence-corrected chi connectivity index (χ3v) is 6.09. The Kier molecular flexibility index (Phi) is 5.42. The predicted molar refractivity (Wildman–Crippen MR) is 134 cm³/mol. The average molecular weight is 453 g/mol. The van der Waals surface area contributed by atoms with Crippen LogP contribution < -0.4 is 5.32 Å². The summed E-state index contributed by atoms with van der Waals surface area (Å²) in [5.74, 6) is -1.39. The second-order valence-electron chi connectivity index (χ2n) is 8.25. The van der Waals surface area contributed by atoms with Gasteiger partial charge in [-0.2, -0.15) is 0 Å². The number of carbonyl (C=O) groups is 2. The van der Waals surface area contributed by atoms with Gasteiger partial charge in [-0.3, -0.25) is 4.79 Å². The summed E-state index contributed by atoms with van der Waals surface area (Å²) in [6.07, 6.45) is -1.05. The number of benzene rings is 4. The summed E-state index contributed by atoms with van der Waals surface area (Å²) < 4.78 is 7.60. The van der Waals surface area contributed by atoms with Crippen molar-refractivity contribution in [2.75, 3.05) is 5.32 Å². The summed E-state index contributed by atoms with van der Waals surface area (Å²) in [5, 5.41) is 16.9. The third kappa shape index (κ3) is 3.73. The van der Waals surface area contributed by atoms with Gasteiger partial charge in [0.15, 0.2) is 6.10 Å². The number of phenols is 1. The summed E-state index contributed by atoms with van der Waals surface area (Å²) >= 11 is 0. The Hall–Kier alpha value is -4.32. The van der Waals surface area contributed by atoms with Crippen LogP contribution in [0.4, 0.5) is 5.69 Å². The van der Waals surface area contributed by atoms with Crippen molar-refractivity contribution in [1.82, 2.24) is 4.57 Å². The number of anilines is 1. The average Bonchev–Trinajstić information content (AvgIpc) is 3.16. The van der Waals surface area contributed by atoms with Gasteiger partial charge in [-0.15, -0.1) is 0 Å². The first-order chi connectivity index (χ1) is 16.5. The van der Waals surface area contributed by atoms with Gasteiger partial charge in [-0.05, 0) is 61.0 Å². The molecule has 6 nitrogen and oxygen atoms in total. The Morgan fingerprint density at radius 2 is 1.59 bits per heavy atom. The van der Waals surface area contributed by atoms with Crippen molar-refractivity contribution in [3.8, 4) is 5.75 Å². The number of nitrogens with zero attached hydrogens (tertiary/aromatic N) is 1. The van der Waals surface area contributed by atoms with Crippen molar-refractivity contribution in [1.29, 1.82) is 0 Å². The van der Waals surface area contributed by atoms with Crippen LogP contribution in [0.25, 0.3) is 32.6 Å². The Bertz CT molecular complexity index is 1570. The molecule has 170 valence electrons. The maximum atomic E-state index is 12.8. The quantitative estimate of drug-likeness (QED) is 0.328.